The number of rotatable bonds is 21. The number of benzene rings is 3. The number of hydrogen-bond donors (Lipinski definition) is 8. The summed E-state index contributed by atoms with van der Waals surface area (Å²) >= 11 is 0.816. The zero-order valence-electron chi connectivity index (χ0n) is 48.9. The van der Waals surface area contributed by atoms with Crippen molar-refractivity contribution in [3.8, 4) is 0 Å². The van der Waals surface area contributed by atoms with E-state index in [9.17, 15) is 75.1 Å². The lowest BCUT2D eigenvalue weighted by Crippen LogP contribution is -2.62. The Labute approximate surface area is 509 Å². The summed E-state index contributed by atoms with van der Waals surface area (Å²) in [5.74, 6) is -5.35. The van der Waals surface area contributed by atoms with Gasteiger partial charge in [0.25, 0.3) is 18.2 Å². The zero-order chi connectivity index (χ0) is 63.6. The van der Waals surface area contributed by atoms with Crippen LogP contribution in [0.15, 0.2) is 66.7 Å². The predicted molar refractivity (Wildman–Crippen MR) is 316 cm³/mol. The minimum atomic E-state index is -5.93. The Morgan fingerprint density at radius 1 is 0.852 bits per heavy atom. The molecule has 0 radical (unpaired) electrons. The second-order valence-electron chi connectivity index (χ2n) is 24.4. The highest BCUT2D eigenvalue weighted by atomic mass is 32.1. The maximum Gasteiger partial charge on any atom is 0.399 e. The van der Waals surface area contributed by atoms with E-state index in [0.717, 1.165) is 58.3 Å². The van der Waals surface area contributed by atoms with Crippen molar-refractivity contribution in [2.24, 2.45) is 11.7 Å². The van der Waals surface area contributed by atoms with E-state index in [1.165, 1.54) is 20.8 Å². The van der Waals surface area contributed by atoms with E-state index >= 15 is 0 Å². The van der Waals surface area contributed by atoms with Crippen LogP contribution in [0.25, 0.3) is 10.1 Å². The minimum absolute atomic E-state index is 0.0293. The lowest BCUT2D eigenvalue weighted by atomic mass is 9.86. The maximum atomic E-state index is 14.8. The van der Waals surface area contributed by atoms with Crippen LogP contribution in [-0.4, -0.2) is 164 Å². The molecule has 3 unspecified atom stereocenters. The molecule has 0 aliphatic carbocycles. The lowest BCUT2D eigenvalue weighted by molar-refractivity contribution is -0.144. The third-order valence-electron chi connectivity index (χ3n) is 17.3. The van der Waals surface area contributed by atoms with Crippen LogP contribution in [0.2, 0.25) is 0 Å². The molecule has 9 N–H and O–H groups in total. The van der Waals surface area contributed by atoms with Gasteiger partial charge in [0.15, 0.2) is 0 Å². The van der Waals surface area contributed by atoms with Gasteiger partial charge in [0.05, 0.1) is 11.4 Å². The maximum absolute atomic E-state index is 14.8. The van der Waals surface area contributed by atoms with Crippen molar-refractivity contribution in [3.63, 3.8) is 0 Å². The molecule has 6 atom stereocenters. The SMILES string of the molecule is CC(C)(C)c1ccc(CC(NC(=O)C(CCC(N)=O)NC(=O)[C@@H]2CC[C@@H]3CCN(CC(F)F)C[C@H](NC(=O)c4cc5cc(C(F)(F)P(=O)(O)O)ccc5s4)C(=O)N32)C(=O)N2CCC(CCNc3ccc4c(c3)CN(C3CCC(=O)NC3=O)C4=O)CC2)cc1. The van der Waals surface area contributed by atoms with E-state index < -0.39 is 110 Å². The number of primary amides is 1. The van der Waals surface area contributed by atoms with Crippen LogP contribution in [0.4, 0.5) is 23.2 Å². The highest BCUT2D eigenvalue weighted by Crippen LogP contribution is 2.59. The Bertz CT molecular complexity index is 3410. The number of alkyl halides is 4. The molecule has 3 aromatic carbocycles. The number of amides is 9. The number of fused-ring (bicyclic) bond motifs is 3. The fraction of sp³-hybridized carbons (Fsp3) is 0.517. The Morgan fingerprint density at radius 2 is 1.57 bits per heavy atom. The first-order valence-electron chi connectivity index (χ1n) is 29.4. The molecule has 4 fully saturated rings. The van der Waals surface area contributed by atoms with Gasteiger partial charge in [0.2, 0.25) is 41.4 Å². The monoisotopic (exact) mass is 1260 g/mol. The molecule has 0 bridgehead atoms. The average molecular weight is 1270 g/mol. The third kappa shape index (κ3) is 15.0. The number of nitrogens with zero attached hydrogens (tertiary/aromatic N) is 4. The number of nitrogens with two attached hydrogens (primary N) is 1. The Hall–Kier alpha value is -7.32. The van der Waals surface area contributed by atoms with Crippen LogP contribution in [0.3, 0.4) is 0 Å². The van der Waals surface area contributed by atoms with Crippen LogP contribution >= 0.6 is 18.9 Å². The fourth-order valence-electron chi connectivity index (χ4n) is 12.3. The molecule has 0 saturated carbocycles. The molecule has 4 saturated heterocycles. The smallest absolute Gasteiger partial charge is 0.385 e. The van der Waals surface area contributed by atoms with E-state index in [2.05, 4.69) is 47.4 Å². The van der Waals surface area contributed by atoms with Crippen molar-refractivity contribution < 1.29 is 75.1 Å². The third-order valence-corrected chi connectivity index (χ3v) is 19.4. The van der Waals surface area contributed by atoms with Gasteiger partial charge in [-0.25, -0.2) is 8.78 Å². The first kappa shape index (κ1) is 65.1. The van der Waals surface area contributed by atoms with Gasteiger partial charge in [0.1, 0.15) is 30.2 Å². The zero-order valence-corrected chi connectivity index (χ0v) is 50.6. The first-order valence-corrected chi connectivity index (χ1v) is 31.9. The molecule has 5 aliphatic rings. The van der Waals surface area contributed by atoms with Crippen LogP contribution < -0.4 is 32.3 Å². The number of nitrogens with one attached hydrogen (secondary N) is 5. The Morgan fingerprint density at radius 3 is 2.24 bits per heavy atom. The van der Waals surface area contributed by atoms with Gasteiger partial charge >= 0.3 is 13.3 Å². The minimum Gasteiger partial charge on any atom is -0.385 e. The summed E-state index contributed by atoms with van der Waals surface area (Å²) in [4.78, 5) is 147. The summed E-state index contributed by atoms with van der Waals surface area (Å²) in [6.07, 6.45) is -0.500. The predicted octanol–water partition coefficient (Wildman–Crippen LogP) is 4.83. The molecule has 1 aromatic heterocycles. The highest BCUT2D eigenvalue weighted by molar-refractivity contribution is 7.52. The normalized spacial score (nSPS) is 21.3. The first-order chi connectivity index (χ1) is 41.5. The molecule has 0 spiro atoms. The Balaban J connectivity index is 0.866. The van der Waals surface area contributed by atoms with Gasteiger partial charge in [-0.15, -0.1) is 11.3 Å². The molecule has 88 heavy (non-hydrogen) atoms. The molecule has 28 heteroatoms. The molecule has 474 valence electrons. The molecule has 22 nitrogen and oxygen atoms in total. The second kappa shape index (κ2) is 26.8. The number of halogens is 4. The summed E-state index contributed by atoms with van der Waals surface area (Å²) < 4.78 is 69.0. The van der Waals surface area contributed by atoms with E-state index in [-0.39, 0.29) is 108 Å². The number of piperidine rings is 2. The van der Waals surface area contributed by atoms with Crippen molar-refractivity contribution in [2.45, 2.75) is 152 Å². The van der Waals surface area contributed by atoms with Crippen molar-refractivity contribution in [1.29, 1.82) is 0 Å². The molecule has 5 aliphatic heterocycles. The number of imide groups is 1. The Kier molecular flexibility index (Phi) is 19.8. The summed E-state index contributed by atoms with van der Waals surface area (Å²) in [7, 11) is -5.93. The molecule has 6 heterocycles. The van der Waals surface area contributed by atoms with Gasteiger partial charge in [-0.1, -0.05) is 51.1 Å². The number of hydrogen-bond acceptors (Lipinski definition) is 13. The second-order valence-corrected chi connectivity index (χ2v) is 27.2. The van der Waals surface area contributed by atoms with E-state index in [0.29, 0.717) is 38.0 Å². The van der Waals surface area contributed by atoms with E-state index in [1.54, 1.807) is 11.0 Å². The van der Waals surface area contributed by atoms with Crippen LogP contribution in [0.5, 0.6) is 0 Å². The van der Waals surface area contributed by atoms with E-state index in [4.69, 9.17) is 5.73 Å². The van der Waals surface area contributed by atoms with Crippen LogP contribution in [0, 0.1) is 5.92 Å². The number of thiophene rings is 1. The number of likely N-dealkylation sites (tertiary alicyclic amines) is 1. The van der Waals surface area contributed by atoms with Crippen molar-refractivity contribution in [3.05, 3.63) is 99.4 Å². The van der Waals surface area contributed by atoms with Gasteiger partial charge in [-0.2, -0.15) is 8.78 Å². The topological polar surface area (TPSA) is 310 Å². The highest BCUT2D eigenvalue weighted by Gasteiger charge is 2.51. The number of carbonyl (C=O) groups is 9. The average Bonchev–Trinajstić information content (AvgIpc) is 3.51. The van der Waals surface area contributed by atoms with Crippen molar-refractivity contribution in [2.75, 3.05) is 44.6 Å². The van der Waals surface area contributed by atoms with Gasteiger partial charge in [-0.3, -0.25) is 57.9 Å². The number of anilines is 1. The molecule has 4 aromatic rings. The van der Waals surface area contributed by atoms with Crippen LogP contribution in [0.1, 0.15) is 127 Å². The summed E-state index contributed by atoms with van der Waals surface area (Å²) in [5, 5.41) is 14.0. The van der Waals surface area contributed by atoms with Crippen LogP contribution in [-0.2, 0) is 62.2 Å². The molecule has 9 rings (SSSR count). The van der Waals surface area contributed by atoms with Gasteiger partial charge in [0, 0.05) is 86.1 Å². The molecular formula is C60H73F4N10O12PS. The summed E-state index contributed by atoms with van der Waals surface area (Å²) in [6.45, 7) is 6.63. The standard InChI is InChI=1S/C60H73F4N10O12PS/c1-59(2,3)37-6-4-34(5-7-37)26-43(57(82)72-24-19-33(20-25-72)18-22-66-39-9-11-41-36(28-39)30-73(56(41)81)45-14-17-51(76)70-53(45)78)68-52(77)42(12-16-50(65)75)67-54(79)46-13-10-40-21-23-71(32-49(61)62)31-44(58(83)74(40)46)69-55(80)48-29-35-27-38(8-15-47(35)88-48)60(63,64)87(84,85)86/h4-9,11,15,27-29,33,40,42-46,49,66H,10,12-14,16-26,30-32H2,1-3H3,(H2,65,75)(H,67,79)(H,68,77)(H,69,80)(H,70,76,78)(H2,84,85,86)/t40-,42?,43?,44+,45?,46+/m1/s1. The van der Waals surface area contributed by atoms with Crippen molar-refractivity contribution >= 4 is 87.9 Å². The van der Waals surface area contributed by atoms with E-state index in [1.807, 2.05) is 36.4 Å². The summed E-state index contributed by atoms with van der Waals surface area (Å²) in [6, 6.07) is 10.3. The lowest BCUT2D eigenvalue weighted by Gasteiger charge is -2.39. The van der Waals surface area contributed by atoms with Gasteiger partial charge in [-0.05, 0) is 121 Å². The number of carbonyl (C=O) groups excluding carboxylic acids is 9. The summed E-state index contributed by atoms with van der Waals surface area (Å²) in [5.41, 5.74) is 3.69. The molecule has 9 amide bonds. The van der Waals surface area contributed by atoms with Gasteiger partial charge < -0.3 is 51.5 Å². The fourth-order valence-corrected chi connectivity index (χ4v) is 13.8. The largest absolute Gasteiger partial charge is 0.399 e. The molecular weight excluding hydrogens is 1190 g/mol. The quantitative estimate of drug-likeness (QED) is 0.0315. The van der Waals surface area contributed by atoms with Crippen molar-refractivity contribution in [1.82, 2.24) is 40.9 Å².